The van der Waals surface area contributed by atoms with Crippen LogP contribution in [0.4, 0.5) is 0 Å². The van der Waals surface area contributed by atoms with Gasteiger partial charge in [0.1, 0.15) is 11.4 Å². The first-order valence-corrected chi connectivity index (χ1v) is 9.74. The molecule has 4 nitrogen and oxygen atoms in total. The second-order valence-corrected chi connectivity index (χ2v) is 7.99. The van der Waals surface area contributed by atoms with E-state index < -0.39 is 5.60 Å². The lowest BCUT2D eigenvalue weighted by molar-refractivity contribution is -0.118. The van der Waals surface area contributed by atoms with Gasteiger partial charge in [0.25, 0.3) is 0 Å². The number of Topliss-reactive ketones (excluding diaryl/α,β-unsaturated/α-hetero) is 1. The van der Waals surface area contributed by atoms with Gasteiger partial charge in [0.05, 0.1) is 30.1 Å². The van der Waals surface area contributed by atoms with Crippen LogP contribution in [0, 0.1) is 18.8 Å². The third kappa shape index (κ3) is 2.25. The van der Waals surface area contributed by atoms with Gasteiger partial charge < -0.3 is 14.6 Å². The van der Waals surface area contributed by atoms with E-state index in [0.29, 0.717) is 12.2 Å². The van der Waals surface area contributed by atoms with E-state index in [0.717, 1.165) is 42.4 Å². The van der Waals surface area contributed by atoms with Gasteiger partial charge in [-0.05, 0) is 49.3 Å². The molecule has 3 aliphatic rings. The van der Waals surface area contributed by atoms with Crippen LogP contribution >= 0.6 is 0 Å². The van der Waals surface area contributed by atoms with E-state index in [4.69, 9.17) is 9.47 Å². The number of methoxy groups -OCH3 is 1. The van der Waals surface area contributed by atoms with Crippen molar-refractivity contribution in [1.82, 2.24) is 0 Å². The Morgan fingerprint density at radius 2 is 1.92 bits per heavy atom. The lowest BCUT2D eigenvalue weighted by Crippen LogP contribution is -2.42. The minimum absolute atomic E-state index is 0.0587. The number of carbonyl (C=O) groups is 1. The zero-order chi connectivity index (χ0) is 18.6. The van der Waals surface area contributed by atoms with Crippen molar-refractivity contribution in [3.8, 4) is 0 Å². The molecular formula is C22H28O4. The molecule has 2 fully saturated rings. The van der Waals surface area contributed by atoms with Gasteiger partial charge in [0.15, 0.2) is 5.78 Å². The van der Waals surface area contributed by atoms with Gasteiger partial charge in [-0.1, -0.05) is 31.5 Å². The summed E-state index contributed by atoms with van der Waals surface area (Å²) in [5.74, 6) is -0.236. The second-order valence-electron chi connectivity index (χ2n) is 7.99. The average Bonchev–Trinajstić information content (AvgIpc) is 3.25. The lowest BCUT2D eigenvalue weighted by Gasteiger charge is -2.31. The average molecular weight is 356 g/mol. The fourth-order valence-corrected chi connectivity index (χ4v) is 5.53. The van der Waals surface area contributed by atoms with Gasteiger partial charge in [-0.2, -0.15) is 0 Å². The maximum absolute atomic E-state index is 13.4. The molecule has 1 aromatic carbocycles. The summed E-state index contributed by atoms with van der Waals surface area (Å²) < 4.78 is 11.6. The molecule has 4 rings (SSSR count). The van der Waals surface area contributed by atoms with Crippen molar-refractivity contribution in [3.05, 3.63) is 40.1 Å². The van der Waals surface area contributed by atoms with Crippen molar-refractivity contribution in [2.45, 2.75) is 58.2 Å². The molecule has 0 amide bonds. The number of hydrogen-bond donors (Lipinski definition) is 1. The fourth-order valence-electron chi connectivity index (χ4n) is 5.53. The zero-order valence-electron chi connectivity index (χ0n) is 16.1. The summed E-state index contributed by atoms with van der Waals surface area (Å²) in [6.45, 7) is 6.72. The largest absolute Gasteiger partial charge is 0.511 e. The van der Waals surface area contributed by atoms with Gasteiger partial charge in [0.2, 0.25) is 0 Å². The molecule has 4 atom stereocenters. The van der Waals surface area contributed by atoms with Crippen LogP contribution in [-0.4, -0.2) is 36.3 Å². The van der Waals surface area contributed by atoms with Crippen LogP contribution in [0.5, 0.6) is 0 Å². The van der Waals surface area contributed by atoms with E-state index >= 15 is 0 Å². The third-order valence-corrected chi connectivity index (χ3v) is 6.51. The Kier molecular flexibility index (Phi) is 4.24. The Morgan fingerprint density at radius 3 is 2.50 bits per heavy atom. The Labute approximate surface area is 155 Å². The van der Waals surface area contributed by atoms with Gasteiger partial charge >= 0.3 is 0 Å². The van der Waals surface area contributed by atoms with Gasteiger partial charge in [0, 0.05) is 7.11 Å². The maximum Gasteiger partial charge on any atom is 0.173 e. The number of fused-ring (bicyclic) bond motifs is 5. The van der Waals surface area contributed by atoms with Crippen LogP contribution < -0.4 is 0 Å². The Bertz CT molecular complexity index is 768. The van der Waals surface area contributed by atoms with Crippen molar-refractivity contribution >= 4 is 11.4 Å². The minimum atomic E-state index is -0.547. The summed E-state index contributed by atoms with van der Waals surface area (Å²) >= 11 is 0. The molecule has 0 saturated carbocycles. The van der Waals surface area contributed by atoms with E-state index in [1.54, 1.807) is 7.11 Å². The summed E-state index contributed by atoms with van der Waals surface area (Å²) in [7, 11) is 1.65. The zero-order valence-corrected chi connectivity index (χ0v) is 16.1. The molecule has 26 heavy (non-hydrogen) atoms. The Morgan fingerprint density at radius 1 is 1.27 bits per heavy atom. The number of carbonyl (C=O) groups excluding carboxylic acids is 1. The quantitative estimate of drug-likeness (QED) is 0.872. The molecule has 2 aliphatic heterocycles. The molecule has 0 unspecified atom stereocenters. The van der Waals surface area contributed by atoms with Crippen LogP contribution in [0.1, 0.15) is 48.9 Å². The van der Waals surface area contributed by atoms with Crippen molar-refractivity contribution in [2.75, 3.05) is 13.7 Å². The number of aryl methyl sites for hydroxylation is 3. The molecule has 4 heteroatoms. The first-order valence-electron chi connectivity index (χ1n) is 9.74. The van der Waals surface area contributed by atoms with Gasteiger partial charge in [-0.25, -0.2) is 0 Å². The second kappa shape index (κ2) is 6.21. The van der Waals surface area contributed by atoms with Crippen molar-refractivity contribution < 1.29 is 19.4 Å². The smallest absolute Gasteiger partial charge is 0.173 e. The standard InChI is InChI=1S/C22H28O4/c1-5-13-9-12(3)10-14(6-2)16(13)18-20(23)17-15-7-8-22(26-15,11-25-4)19(17)21(18)24/h9-10,15,17,19,24H,5-8,11H2,1-4H3/t15-,17-,19+,22-/m0/s1. The van der Waals surface area contributed by atoms with Crippen LogP contribution in [0.2, 0.25) is 0 Å². The summed E-state index contributed by atoms with van der Waals surface area (Å²) in [4.78, 5) is 13.4. The lowest BCUT2D eigenvalue weighted by atomic mass is 9.73. The fraction of sp³-hybridized carbons (Fsp3) is 0.591. The monoisotopic (exact) mass is 356 g/mol. The van der Waals surface area contributed by atoms with E-state index in [1.165, 1.54) is 5.56 Å². The first-order chi connectivity index (χ1) is 12.5. The van der Waals surface area contributed by atoms with Crippen LogP contribution in [0.25, 0.3) is 5.57 Å². The highest BCUT2D eigenvalue weighted by molar-refractivity contribution is 6.26. The number of ketones is 1. The van der Waals surface area contributed by atoms with Crippen molar-refractivity contribution in [2.24, 2.45) is 11.8 Å². The number of rotatable bonds is 5. The normalized spacial score (nSPS) is 32.6. The molecule has 2 bridgehead atoms. The Balaban J connectivity index is 1.89. The molecule has 1 aliphatic carbocycles. The Hall–Kier alpha value is -1.65. The first kappa shape index (κ1) is 17.7. The van der Waals surface area contributed by atoms with Crippen LogP contribution in [0.15, 0.2) is 17.9 Å². The third-order valence-electron chi connectivity index (χ3n) is 6.51. The van der Waals surface area contributed by atoms with E-state index in [-0.39, 0.29) is 29.5 Å². The number of benzene rings is 1. The topological polar surface area (TPSA) is 55.8 Å². The number of ether oxygens (including phenoxy) is 2. The summed E-state index contributed by atoms with van der Waals surface area (Å²) in [5, 5.41) is 11.2. The highest BCUT2D eigenvalue weighted by Crippen LogP contribution is 2.59. The predicted octanol–water partition coefficient (Wildman–Crippen LogP) is 3.78. The number of aliphatic hydroxyl groups is 1. The van der Waals surface area contributed by atoms with Gasteiger partial charge in [-0.15, -0.1) is 0 Å². The molecule has 140 valence electrons. The SMILES string of the molecule is CCc1cc(C)cc(CC)c1C1=C(O)[C@H]2[C@@H](C1=O)[C@@H]1CC[C@@]2(COC)O1. The predicted molar refractivity (Wildman–Crippen MR) is 100 cm³/mol. The number of hydrogen-bond acceptors (Lipinski definition) is 4. The molecule has 1 N–H and O–H groups in total. The van der Waals surface area contributed by atoms with E-state index in [1.807, 2.05) is 0 Å². The van der Waals surface area contributed by atoms with Crippen molar-refractivity contribution in [3.63, 3.8) is 0 Å². The summed E-state index contributed by atoms with van der Waals surface area (Å²) in [6.07, 6.45) is 3.29. The summed E-state index contributed by atoms with van der Waals surface area (Å²) in [6, 6.07) is 4.29. The highest BCUT2D eigenvalue weighted by Gasteiger charge is 2.66. The minimum Gasteiger partial charge on any atom is -0.511 e. The maximum atomic E-state index is 13.4. The molecule has 0 spiro atoms. The molecular weight excluding hydrogens is 328 g/mol. The molecule has 0 radical (unpaired) electrons. The van der Waals surface area contributed by atoms with Crippen molar-refractivity contribution in [1.29, 1.82) is 0 Å². The van der Waals surface area contributed by atoms with Crippen LogP contribution in [-0.2, 0) is 27.1 Å². The number of allylic oxidation sites excluding steroid dienone is 1. The number of aliphatic hydroxyl groups excluding tert-OH is 1. The molecule has 2 saturated heterocycles. The molecule has 0 aromatic heterocycles. The van der Waals surface area contributed by atoms with Crippen LogP contribution in [0.3, 0.4) is 0 Å². The molecule has 1 aromatic rings. The van der Waals surface area contributed by atoms with E-state index in [9.17, 15) is 9.90 Å². The highest BCUT2D eigenvalue weighted by atomic mass is 16.6. The summed E-state index contributed by atoms with van der Waals surface area (Å²) in [5.41, 5.74) is 4.45. The van der Waals surface area contributed by atoms with E-state index in [2.05, 4.69) is 32.9 Å². The van der Waals surface area contributed by atoms with Gasteiger partial charge in [-0.3, -0.25) is 4.79 Å². The molecule has 2 heterocycles.